The number of nitrogens with one attached hydrogen (secondary N) is 1. The van der Waals surface area contributed by atoms with Crippen LogP contribution in [0.3, 0.4) is 0 Å². The van der Waals surface area contributed by atoms with Gasteiger partial charge in [-0.15, -0.1) is 0 Å². The number of benzene rings is 2. The van der Waals surface area contributed by atoms with Crippen molar-refractivity contribution < 1.29 is 9.18 Å². The number of amides is 2. The number of halogens is 1. The highest BCUT2D eigenvalue weighted by molar-refractivity contribution is 5.90. The van der Waals surface area contributed by atoms with E-state index >= 15 is 0 Å². The van der Waals surface area contributed by atoms with Crippen LogP contribution in [0.15, 0.2) is 42.5 Å². The van der Waals surface area contributed by atoms with E-state index in [4.69, 9.17) is 0 Å². The Kier molecular flexibility index (Phi) is 4.33. The van der Waals surface area contributed by atoms with E-state index in [1.165, 1.54) is 17.7 Å². The maximum absolute atomic E-state index is 13.1. The van der Waals surface area contributed by atoms with E-state index in [0.717, 1.165) is 36.2 Å². The highest BCUT2D eigenvalue weighted by atomic mass is 19.1. The summed E-state index contributed by atoms with van der Waals surface area (Å²) in [5, 5.41) is 2.98. The number of nitrogens with zero attached hydrogens (tertiary/aromatic N) is 1. The SMILES string of the molecule is Cc1ccc(NC(=O)N2CCC[C@@H]2c2ccc(F)cc2)cc1C. The minimum Gasteiger partial charge on any atom is -0.317 e. The molecule has 1 aliphatic rings. The van der Waals surface area contributed by atoms with Crippen LogP contribution in [0.25, 0.3) is 0 Å². The van der Waals surface area contributed by atoms with Crippen LogP contribution in [0.4, 0.5) is 14.9 Å². The second-order valence-corrected chi connectivity index (χ2v) is 6.13. The lowest BCUT2D eigenvalue weighted by Crippen LogP contribution is -2.34. The summed E-state index contributed by atoms with van der Waals surface area (Å²) in [4.78, 5) is 14.4. The number of carbonyl (C=O) groups is 1. The molecule has 0 aromatic heterocycles. The summed E-state index contributed by atoms with van der Waals surface area (Å²) in [6.45, 7) is 4.80. The van der Waals surface area contributed by atoms with E-state index in [2.05, 4.69) is 5.32 Å². The summed E-state index contributed by atoms with van der Waals surface area (Å²) in [5.74, 6) is -0.252. The zero-order valence-electron chi connectivity index (χ0n) is 13.5. The molecule has 4 heteroatoms. The van der Waals surface area contributed by atoms with Gasteiger partial charge in [-0.25, -0.2) is 9.18 Å². The monoisotopic (exact) mass is 312 g/mol. The number of aryl methyl sites for hydroxylation is 2. The van der Waals surface area contributed by atoms with Gasteiger partial charge in [0.1, 0.15) is 5.82 Å². The quantitative estimate of drug-likeness (QED) is 0.848. The maximum atomic E-state index is 13.1. The molecule has 120 valence electrons. The summed E-state index contributed by atoms with van der Waals surface area (Å²) >= 11 is 0. The fourth-order valence-corrected chi connectivity index (χ4v) is 3.06. The molecule has 2 amide bonds. The van der Waals surface area contributed by atoms with Crippen molar-refractivity contribution >= 4 is 11.7 Å². The Bertz CT molecular complexity index is 712. The molecular weight excluding hydrogens is 291 g/mol. The van der Waals surface area contributed by atoms with E-state index < -0.39 is 0 Å². The Morgan fingerprint density at radius 2 is 1.87 bits per heavy atom. The van der Waals surface area contributed by atoms with Crippen LogP contribution in [-0.2, 0) is 0 Å². The molecule has 0 spiro atoms. The summed E-state index contributed by atoms with van der Waals surface area (Å²) in [7, 11) is 0. The van der Waals surface area contributed by atoms with E-state index in [9.17, 15) is 9.18 Å². The molecule has 23 heavy (non-hydrogen) atoms. The molecule has 1 saturated heterocycles. The van der Waals surface area contributed by atoms with Gasteiger partial charge in [0.25, 0.3) is 0 Å². The van der Waals surface area contributed by atoms with Gasteiger partial charge in [-0.1, -0.05) is 18.2 Å². The first-order valence-corrected chi connectivity index (χ1v) is 7.95. The van der Waals surface area contributed by atoms with E-state index in [1.807, 2.05) is 36.9 Å². The van der Waals surface area contributed by atoms with Gasteiger partial charge >= 0.3 is 6.03 Å². The first kappa shape index (κ1) is 15.5. The lowest BCUT2D eigenvalue weighted by molar-refractivity contribution is 0.207. The van der Waals surface area contributed by atoms with Crippen LogP contribution >= 0.6 is 0 Å². The fourth-order valence-electron chi connectivity index (χ4n) is 3.06. The number of hydrogen-bond donors (Lipinski definition) is 1. The zero-order valence-corrected chi connectivity index (χ0v) is 13.5. The predicted octanol–water partition coefficient (Wildman–Crippen LogP) is 4.81. The predicted molar refractivity (Wildman–Crippen MR) is 90.0 cm³/mol. The van der Waals surface area contributed by atoms with Gasteiger partial charge in [0, 0.05) is 12.2 Å². The van der Waals surface area contributed by atoms with Crippen molar-refractivity contribution in [3.63, 3.8) is 0 Å². The third kappa shape index (κ3) is 3.36. The molecule has 1 fully saturated rings. The molecule has 3 rings (SSSR count). The van der Waals surface area contributed by atoms with Crippen LogP contribution < -0.4 is 5.32 Å². The van der Waals surface area contributed by atoms with Gasteiger partial charge in [-0.2, -0.15) is 0 Å². The van der Waals surface area contributed by atoms with Gasteiger partial charge < -0.3 is 10.2 Å². The molecule has 0 aliphatic carbocycles. The number of likely N-dealkylation sites (tertiary alicyclic amines) is 1. The maximum Gasteiger partial charge on any atom is 0.322 e. The molecule has 0 bridgehead atoms. The Labute approximate surface area is 136 Å². The summed E-state index contributed by atoms with van der Waals surface area (Å²) < 4.78 is 13.1. The normalized spacial score (nSPS) is 17.3. The van der Waals surface area contributed by atoms with Crippen molar-refractivity contribution in [2.24, 2.45) is 0 Å². The third-order valence-corrected chi connectivity index (χ3v) is 4.53. The third-order valence-electron chi connectivity index (χ3n) is 4.53. The molecule has 1 atom stereocenters. The van der Waals surface area contributed by atoms with E-state index in [-0.39, 0.29) is 17.9 Å². The second-order valence-electron chi connectivity index (χ2n) is 6.13. The Hall–Kier alpha value is -2.36. The number of hydrogen-bond acceptors (Lipinski definition) is 1. The van der Waals surface area contributed by atoms with Crippen LogP contribution in [-0.4, -0.2) is 17.5 Å². The molecule has 1 aliphatic heterocycles. The number of urea groups is 1. The molecule has 3 nitrogen and oxygen atoms in total. The smallest absolute Gasteiger partial charge is 0.317 e. The molecule has 0 saturated carbocycles. The lowest BCUT2D eigenvalue weighted by Gasteiger charge is -2.25. The number of rotatable bonds is 2. The van der Waals surface area contributed by atoms with E-state index in [0.29, 0.717) is 0 Å². The minimum atomic E-state index is -0.252. The average Bonchev–Trinajstić information content (AvgIpc) is 3.01. The lowest BCUT2D eigenvalue weighted by atomic mass is 10.0. The van der Waals surface area contributed by atoms with Crippen molar-refractivity contribution in [2.75, 3.05) is 11.9 Å². The molecule has 0 unspecified atom stereocenters. The van der Waals surface area contributed by atoms with Gasteiger partial charge in [-0.3, -0.25) is 0 Å². The Balaban J connectivity index is 1.75. The first-order valence-electron chi connectivity index (χ1n) is 7.95. The molecule has 1 N–H and O–H groups in total. The topological polar surface area (TPSA) is 32.3 Å². The highest BCUT2D eigenvalue weighted by Crippen LogP contribution is 2.32. The molecular formula is C19H21FN2O. The van der Waals surface area contributed by atoms with Crippen molar-refractivity contribution in [1.29, 1.82) is 0 Å². The van der Waals surface area contributed by atoms with Crippen molar-refractivity contribution in [2.45, 2.75) is 32.7 Å². The molecule has 2 aromatic carbocycles. The van der Waals surface area contributed by atoms with Crippen LogP contribution in [0.2, 0.25) is 0 Å². The first-order chi connectivity index (χ1) is 11.0. The van der Waals surface area contributed by atoms with Crippen molar-refractivity contribution in [3.8, 4) is 0 Å². The van der Waals surface area contributed by atoms with Crippen molar-refractivity contribution in [1.82, 2.24) is 4.90 Å². The zero-order chi connectivity index (χ0) is 16.4. The summed E-state index contributed by atoms with van der Waals surface area (Å²) in [6, 6.07) is 12.3. The summed E-state index contributed by atoms with van der Waals surface area (Å²) in [5.41, 5.74) is 4.15. The highest BCUT2D eigenvalue weighted by Gasteiger charge is 2.30. The Morgan fingerprint density at radius 1 is 1.13 bits per heavy atom. The number of carbonyl (C=O) groups excluding carboxylic acids is 1. The fraction of sp³-hybridized carbons (Fsp3) is 0.316. The van der Waals surface area contributed by atoms with Gasteiger partial charge in [0.15, 0.2) is 0 Å². The molecule has 2 aromatic rings. The van der Waals surface area contributed by atoms with Crippen LogP contribution in [0.1, 0.15) is 35.6 Å². The van der Waals surface area contributed by atoms with Crippen LogP contribution in [0.5, 0.6) is 0 Å². The van der Waals surface area contributed by atoms with Crippen molar-refractivity contribution in [3.05, 3.63) is 65.0 Å². The standard InChI is InChI=1S/C19H21FN2O/c1-13-5-10-17(12-14(13)2)21-19(23)22-11-3-4-18(22)15-6-8-16(20)9-7-15/h5-10,12,18H,3-4,11H2,1-2H3,(H,21,23)/t18-/m1/s1. The molecule has 1 heterocycles. The van der Waals surface area contributed by atoms with Gasteiger partial charge in [-0.05, 0) is 67.6 Å². The average molecular weight is 312 g/mol. The molecule has 0 radical (unpaired) electrons. The minimum absolute atomic E-state index is 0.0159. The number of anilines is 1. The second kappa shape index (κ2) is 6.41. The van der Waals surface area contributed by atoms with Gasteiger partial charge in [0.2, 0.25) is 0 Å². The van der Waals surface area contributed by atoms with Crippen LogP contribution in [0, 0.1) is 19.7 Å². The summed E-state index contributed by atoms with van der Waals surface area (Å²) in [6.07, 6.45) is 1.87. The largest absolute Gasteiger partial charge is 0.322 e. The Morgan fingerprint density at radius 3 is 2.57 bits per heavy atom. The van der Waals surface area contributed by atoms with Gasteiger partial charge in [0.05, 0.1) is 6.04 Å². The van der Waals surface area contributed by atoms with E-state index in [1.54, 1.807) is 12.1 Å².